The molecule has 0 unspecified atom stereocenters. The van der Waals surface area contributed by atoms with Crippen LogP contribution in [0.1, 0.15) is 13.3 Å². The summed E-state index contributed by atoms with van der Waals surface area (Å²) in [5.41, 5.74) is 0. The van der Waals surface area contributed by atoms with Crippen LogP contribution < -0.4 is 5.32 Å². The van der Waals surface area contributed by atoms with Gasteiger partial charge in [0.1, 0.15) is 0 Å². The van der Waals surface area contributed by atoms with Gasteiger partial charge in [-0.1, -0.05) is 0 Å². The standard InChI is InChI=1S/C9H18N2O4S/c1-8-7-11(5-4-10-8)16(13,14)6-3-9(12)15-2/h8,10H,3-7H2,1-2H3/t8-/m1/s1. The Balaban J connectivity index is 2.52. The van der Waals surface area contributed by atoms with E-state index in [1.807, 2.05) is 6.92 Å². The van der Waals surface area contributed by atoms with Gasteiger partial charge < -0.3 is 10.1 Å². The van der Waals surface area contributed by atoms with E-state index in [1.165, 1.54) is 11.4 Å². The first-order valence-corrected chi connectivity index (χ1v) is 6.84. The average Bonchev–Trinajstić information content (AvgIpc) is 2.26. The SMILES string of the molecule is COC(=O)CCS(=O)(=O)N1CCN[C@H](C)C1. The molecule has 6 nitrogen and oxygen atoms in total. The van der Waals surface area contributed by atoms with E-state index in [1.54, 1.807) is 0 Å². The minimum atomic E-state index is -3.33. The Morgan fingerprint density at radius 3 is 2.81 bits per heavy atom. The number of piperazine rings is 1. The molecule has 0 aromatic carbocycles. The Morgan fingerprint density at radius 2 is 2.25 bits per heavy atom. The molecule has 0 radical (unpaired) electrons. The molecular weight excluding hydrogens is 232 g/mol. The normalized spacial score (nSPS) is 23.0. The summed E-state index contributed by atoms with van der Waals surface area (Å²) in [6.07, 6.45) is -0.0862. The molecule has 0 aromatic heterocycles. The lowest BCUT2D eigenvalue weighted by molar-refractivity contribution is -0.140. The lowest BCUT2D eigenvalue weighted by Crippen LogP contribution is -2.51. The first-order chi connectivity index (χ1) is 7.45. The predicted octanol–water partition coefficient (Wildman–Crippen LogP) is -0.827. The third kappa shape index (κ3) is 3.73. The van der Waals surface area contributed by atoms with Crippen LogP contribution >= 0.6 is 0 Å². The van der Waals surface area contributed by atoms with Crippen LogP contribution in [-0.4, -0.2) is 57.2 Å². The van der Waals surface area contributed by atoms with Crippen molar-refractivity contribution in [3.05, 3.63) is 0 Å². The van der Waals surface area contributed by atoms with Crippen molar-refractivity contribution in [2.75, 3.05) is 32.5 Å². The molecule has 1 heterocycles. The van der Waals surface area contributed by atoms with Crippen molar-refractivity contribution in [3.8, 4) is 0 Å². The van der Waals surface area contributed by atoms with Gasteiger partial charge in [-0.15, -0.1) is 0 Å². The van der Waals surface area contributed by atoms with E-state index in [4.69, 9.17) is 0 Å². The highest BCUT2D eigenvalue weighted by Crippen LogP contribution is 2.08. The van der Waals surface area contributed by atoms with Crippen molar-refractivity contribution in [2.45, 2.75) is 19.4 Å². The van der Waals surface area contributed by atoms with Crippen LogP contribution in [0.4, 0.5) is 0 Å². The number of rotatable bonds is 4. The molecule has 1 atom stereocenters. The molecule has 0 bridgehead atoms. The van der Waals surface area contributed by atoms with Crippen LogP contribution in [-0.2, 0) is 19.6 Å². The van der Waals surface area contributed by atoms with Crippen LogP contribution in [0.2, 0.25) is 0 Å². The summed E-state index contributed by atoms with van der Waals surface area (Å²) in [5, 5.41) is 3.16. The smallest absolute Gasteiger partial charge is 0.306 e. The molecule has 0 aliphatic carbocycles. The molecule has 1 aliphatic rings. The van der Waals surface area contributed by atoms with Crippen LogP contribution in [0.15, 0.2) is 0 Å². The Labute approximate surface area is 96.0 Å². The predicted molar refractivity (Wildman–Crippen MR) is 59.5 cm³/mol. The largest absolute Gasteiger partial charge is 0.469 e. The molecule has 1 rings (SSSR count). The summed E-state index contributed by atoms with van der Waals surface area (Å²) in [4.78, 5) is 10.9. The second kappa shape index (κ2) is 5.60. The molecular formula is C9H18N2O4S. The number of nitrogens with zero attached hydrogens (tertiary/aromatic N) is 1. The van der Waals surface area contributed by atoms with Crippen molar-refractivity contribution < 1.29 is 17.9 Å². The van der Waals surface area contributed by atoms with Gasteiger partial charge in [0.15, 0.2) is 0 Å². The first kappa shape index (κ1) is 13.4. The monoisotopic (exact) mass is 250 g/mol. The lowest BCUT2D eigenvalue weighted by atomic mass is 10.3. The molecule has 1 aliphatic heterocycles. The van der Waals surface area contributed by atoms with Gasteiger partial charge >= 0.3 is 5.97 Å². The number of hydrogen-bond acceptors (Lipinski definition) is 5. The van der Waals surface area contributed by atoms with Crippen molar-refractivity contribution in [3.63, 3.8) is 0 Å². The van der Waals surface area contributed by atoms with Gasteiger partial charge in [0.05, 0.1) is 19.3 Å². The van der Waals surface area contributed by atoms with E-state index in [2.05, 4.69) is 10.1 Å². The summed E-state index contributed by atoms with van der Waals surface area (Å²) < 4.78 is 29.5. The highest BCUT2D eigenvalue weighted by molar-refractivity contribution is 7.89. The van der Waals surface area contributed by atoms with Gasteiger partial charge in [0, 0.05) is 25.7 Å². The second-order valence-electron chi connectivity index (χ2n) is 3.86. The van der Waals surface area contributed by atoms with Gasteiger partial charge in [-0.05, 0) is 6.92 Å². The van der Waals surface area contributed by atoms with Gasteiger partial charge in [-0.25, -0.2) is 8.42 Å². The van der Waals surface area contributed by atoms with Crippen LogP contribution in [0.5, 0.6) is 0 Å². The summed E-state index contributed by atoms with van der Waals surface area (Å²) in [7, 11) is -2.08. The lowest BCUT2D eigenvalue weighted by Gasteiger charge is -2.30. The number of nitrogens with one attached hydrogen (secondary N) is 1. The maximum absolute atomic E-state index is 11.8. The zero-order chi connectivity index (χ0) is 12.2. The number of methoxy groups -OCH3 is 1. The van der Waals surface area contributed by atoms with Crippen LogP contribution in [0, 0.1) is 0 Å². The van der Waals surface area contributed by atoms with Crippen molar-refractivity contribution >= 4 is 16.0 Å². The molecule has 0 aromatic rings. The van der Waals surface area contributed by atoms with Gasteiger partial charge in [-0.2, -0.15) is 4.31 Å². The molecule has 1 fully saturated rings. The molecule has 94 valence electrons. The van der Waals surface area contributed by atoms with Crippen LogP contribution in [0.3, 0.4) is 0 Å². The summed E-state index contributed by atoms with van der Waals surface area (Å²) in [5.74, 6) is -0.668. The minimum Gasteiger partial charge on any atom is -0.469 e. The zero-order valence-electron chi connectivity index (χ0n) is 9.60. The first-order valence-electron chi connectivity index (χ1n) is 5.23. The van der Waals surface area contributed by atoms with Gasteiger partial charge in [0.25, 0.3) is 0 Å². The number of ether oxygens (including phenoxy) is 1. The molecule has 7 heteroatoms. The Hall–Kier alpha value is -0.660. The Bertz CT molecular complexity index is 341. The van der Waals surface area contributed by atoms with Gasteiger partial charge in [-0.3, -0.25) is 4.79 Å². The fraction of sp³-hybridized carbons (Fsp3) is 0.889. The minimum absolute atomic E-state index is 0.0862. The fourth-order valence-electron chi connectivity index (χ4n) is 1.59. The number of carbonyl (C=O) groups excluding carboxylic acids is 1. The number of hydrogen-bond donors (Lipinski definition) is 1. The van der Waals surface area contributed by atoms with Gasteiger partial charge in [0.2, 0.25) is 10.0 Å². The van der Waals surface area contributed by atoms with E-state index < -0.39 is 16.0 Å². The summed E-state index contributed by atoms with van der Waals surface area (Å²) in [6, 6.07) is 0.154. The molecule has 0 spiro atoms. The van der Waals surface area contributed by atoms with Crippen LogP contribution in [0.25, 0.3) is 0 Å². The van der Waals surface area contributed by atoms with E-state index in [9.17, 15) is 13.2 Å². The molecule has 0 amide bonds. The number of esters is 1. The summed E-state index contributed by atoms with van der Waals surface area (Å²) >= 11 is 0. The van der Waals surface area contributed by atoms with Crippen molar-refractivity contribution in [1.29, 1.82) is 0 Å². The fourth-order valence-corrected chi connectivity index (χ4v) is 3.10. The molecule has 16 heavy (non-hydrogen) atoms. The highest BCUT2D eigenvalue weighted by atomic mass is 32.2. The quantitative estimate of drug-likeness (QED) is 0.659. The second-order valence-corrected chi connectivity index (χ2v) is 5.94. The molecule has 1 N–H and O–H groups in total. The van der Waals surface area contributed by atoms with Crippen molar-refractivity contribution in [2.24, 2.45) is 0 Å². The van der Waals surface area contributed by atoms with E-state index >= 15 is 0 Å². The highest BCUT2D eigenvalue weighted by Gasteiger charge is 2.27. The molecule has 0 saturated carbocycles. The Morgan fingerprint density at radius 1 is 1.56 bits per heavy atom. The number of carbonyl (C=O) groups is 1. The topological polar surface area (TPSA) is 75.7 Å². The third-order valence-electron chi connectivity index (χ3n) is 2.52. The third-order valence-corrected chi connectivity index (χ3v) is 4.36. The maximum Gasteiger partial charge on any atom is 0.306 e. The molecule has 1 saturated heterocycles. The van der Waals surface area contributed by atoms with E-state index in [-0.39, 0.29) is 18.2 Å². The van der Waals surface area contributed by atoms with E-state index in [0.717, 1.165) is 0 Å². The number of sulfonamides is 1. The maximum atomic E-state index is 11.8. The Kier molecular flexibility index (Phi) is 4.69. The summed E-state index contributed by atoms with van der Waals surface area (Å²) in [6.45, 7) is 3.51. The van der Waals surface area contributed by atoms with Crippen molar-refractivity contribution in [1.82, 2.24) is 9.62 Å². The van der Waals surface area contributed by atoms with E-state index in [0.29, 0.717) is 19.6 Å². The average molecular weight is 250 g/mol. The zero-order valence-corrected chi connectivity index (χ0v) is 10.4.